The molecule has 2 unspecified atom stereocenters. The number of thiol groups is 1. The summed E-state index contributed by atoms with van der Waals surface area (Å²) in [7, 11) is -0.504. The number of halogens is 1. The molecule has 4 atom stereocenters. The Balaban J connectivity index is 1.82. The molecule has 1 fully saturated rings. The van der Waals surface area contributed by atoms with Crippen molar-refractivity contribution in [1.82, 2.24) is 0 Å². The highest BCUT2D eigenvalue weighted by Gasteiger charge is 2.40. The first-order chi connectivity index (χ1) is 12.2. The van der Waals surface area contributed by atoms with Crippen LogP contribution in [0.15, 0.2) is 89.8 Å². The predicted octanol–water partition coefficient (Wildman–Crippen LogP) is 6.92. The van der Waals surface area contributed by atoms with Crippen molar-refractivity contribution >= 4 is 38.8 Å². The Morgan fingerprint density at radius 2 is 1.36 bits per heavy atom. The van der Waals surface area contributed by atoms with Crippen molar-refractivity contribution in [2.45, 2.75) is 15.4 Å². The van der Waals surface area contributed by atoms with Crippen LogP contribution in [0.3, 0.4) is 0 Å². The second kappa shape index (κ2) is 7.67. The molecule has 4 rings (SSSR count). The maximum atomic E-state index is 13.4. The zero-order chi connectivity index (χ0) is 17.2. The molecule has 5 heteroatoms. The molecule has 0 radical (unpaired) electrons. The van der Waals surface area contributed by atoms with E-state index < -0.39 is 15.6 Å². The first kappa shape index (κ1) is 17.4. The van der Waals surface area contributed by atoms with Gasteiger partial charge >= 0.3 is 0 Å². The Kier molecular flexibility index (Phi) is 5.33. The minimum Gasteiger partial charge on any atom is -0.207 e. The van der Waals surface area contributed by atoms with Crippen molar-refractivity contribution in [3.63, 3.8) is 0 Å². The van der Waals surface area contributed by atoms with Crippen molar-refractivity contribution in [1.29, 1.82) is 0 Å². The van der Waals surface area contributed by atoms with Crippen LogP contribution in [0, 0.1) is 5.82 Å². The summed E-state index contributed by atoms with van der Waals surface area (Å²) >= 11 is 7.97. The summed E-state index contributed by atoms with van der Waals surface area (Å²) in [6.45, 7) is 0. The van der Waals surface area contributed by atoms with Crippen LogP contribution in [0.25, 0.3) is 0 Å². The molecule has 0 amide bonds. The standard InChI is InChI=1S/C20H18FPS3/c21-17-11-13-18(14-12-17)25-20(16-9-5-2-6-10-16)19(24-22(25)23)15-7-3-1-4-8-15/h1-14,19-20,22,25H/t19-,20+/m0/s1. The van der Waals surface area contributed by atoms with Crippen LogP contribution < -0.4 is 0 Å². The van der Waals surface area contributed by atoms with Crippen LogP contribution in [-0.2, 0) is 11.8 Å². The third kappa shape index (κ3) is 3.59. The van der Waals surface area contributed by atoms with Crippen molar-refractivity contribution in [3.8, 4) is 0 Å². The topological polar surface area (TPSA) is 0 Å². The summed E-state index contributed by atoms with van der Waals surface area (Å²) in [5, 5.41) is -0.239. The van der Waals surface area contributed by atoms with Crippen LogP contribution in [-0.4, -0.2) is 0 Å². The van der Waals surface area contributed by atoms with Gasteiger partial charge < -0.3 is 0 Å². The molecule has 1 aliphatic rings. The summed E-state index contributed by atoms with van der Waals surface area (Å²) < 4.78 is 13.4. The van der Waals surface area contributed by atoms with Gasteiger partial charge in [0.1, 0.15) is 5.82 Å². The second-order valence-electron chi connectivity index (χ2n) is 5.92. The number of rotatable bonds is 3. The van der Waals surface area contributed by atoms with Crippen LogP contribution in [0.5, 0.6) is 0 Å². The van der Waals surface area contributed by atoms with Crippen LogP contribution >= 0.6 is 27.0 Å². The van der Waals surface area contributed by atoms with E-state index in [1.54, 1.807) is 12.1 Å². The third-order valence-electron chi connectivity index (χ3n) is 4.36. The van der Waals surface area contributed by atoms with E-state index in [4.69, 9.17) is 11.8 Å². The molecule has 1 heterocycles. The summed E-state index contributed by atoms with van der Waals surface area (Å²) in [6.07, 6.45) is 0. The SMILES string of the molecule is Fc1ccc([SH]2[C@H](c3ccccc3)[C@H](c3ccccc3)S[PH]2=S)cc1. The first-order valence-electron chi connectivity index (χ1n) is 8.09. The van der Waals surface area contributed by atoms with E-state index >= 15 is 0 Å². The Bertz CT molecular complexity index is 868. The Morgan fingerprint density at radius 1 is 0.800 bits per heavy atom. The van der Waals surface area contributed by atoms with Gasteiger partial charge in [0.15, 0.2) is 0 Å². The van der Waals surface area contributed by atoms with E-state index in [-0.39, 0.29) is 5.82 Å². The fourth-order valence-corrected chi connectivity index (χ4v) is 18.9. The Hall–Kier alpha value is -1.06. The monoisotopic (exact) mass is 404 g/mol. The molecule has 1 saturated heterocycles. The lowest BCUT2D eigenvalue weighted by Gasteiger charge is -2.28. The average Bonchev–Trinajstić information content (AvgIpc) is 3.01. The predicted molar refractivity (Wildman–Crippen MR) is 115 cm³/mol. The molecule has 0 saturated carbocycles. The van der Waals surface area contributed by atoms with Crippen molar-refractivity contribution in [2.24, 2.45) is 0 Å². The third-order valence-corrected chi connectivity index (χ3v) is 17.5. The molecule has 3 aromatic rings. The minimum atomic E-state index is -1.01. The molecular weight excluding hydrogens is 386 g/mol. The lowest BCUT2D eigenvalue weighted by atomic mass is 10.0. The van der Waals surface area contributed by atoms with E-state index in [9.17, 15) is 4.39 Å². The van der Waals surface area contributed by atoms with E-state index in [0.29, 0.717) is 10.5 Å². The van der Waals surface area contributed by atoms with Gasteiger partial charge in [-0.25, -0.2) is 4.39 Å². The average molecular weight is 405 g/mol. The normalized spacial score (nSPS) is 27.2. The molecule has 0 N–H and O–H groups in total. The number of hydrogen-bond acceptors (Lipinski definition) is 2. The van der Waals surface area contributed by atoms with Gasteiger partial charge in [0.25, 0.3) is 0 Å². The van der Waals surface area contributed by atoms with Crippen LogP contribution in [0.2, 0.25) is 0 Å². The molecule has 0 bridgehead atoms. The zero-order valence-electron chi connectivity index (χ0n) is 13.4. The molecule has 25 heavy (non-hydrogen) atoms. The van der Waals surface area contributed by atoms with Gasteiger partial charge in [-0.05, 0) is 40.3 Å². The highest BCUT2D eigenvalue weighted by Crippen LogP contribution is 2.84. The highest BCUT2D eigenvalue weighted by atomic mass is 33.2. The van der Waals surface area contributed by atoms with E-state index in [1.807, 2.05) is 23.5 Å². The molecule has 1 aliphatic heterocycles. The summed E-state index contributed by atoms with van der Waals surface area (Å²) in [4.78, 5) is 1.24. The van der Waals surface area contributed by atoms with Crippen molar-refractivity contribution in [2.75, 3.05) is 0 Å². The molecule has 0 nitrogen and oxygen atoms in total. The molecule has 0 aromatic heterocycles. The van der Waals surface area contributed by atoms with E-state index in [0.717, 1.165) is 0 Å². The van der Waals surface area contributed by atoms with Gasteiger partial charge in [-0.1, -0.05) is 72.5 Å². The van der Waals surface area contributed by atoms with Gasteiger partial charge in [-0.3, -0.25) is 0 Å². The summed E-state index contributed by atoms with van der Waals surface area (Å²) in [5.74, 6) is -0.181. The van der Waals surface area contributed by atoms with Crippen molar-refractivity contribution < 1.29 is 4.39 Å². The lowest BCUT2D eigenvalue weighted by molar-refractivity contribution is 0.626. The first-order valence-corrected chi connectivity index (χ1v) is 14.6. The zero-order valence-corrected chi connectivity index (χ0v) is 16.9. The van der Waals surface area contributed by atoms with E-state index in [1.165, 1.54) is 16.0 Å². The van der Waals surface area contributed by atoms with Gasteiger partial charge in [0, 0.05) is 15.6 Å². The second-order valence-corrected chi connectivity index (χ2v) is 17.5. The van der Waals surface area contributed by atoms with E-state index in [2.05, 4.69) is 60.7 Å². The number of hydrogen-bond donors (Lipinski definition) is 1. The summed E-state index contributed by atoms with van der Waals surface area (Å²) in [6, 6.07) is 28.4. The Labute approximate surface area is 160 Å². The molecule has 0 spiro atoms. The highest BCUT2D eigenvalue weighted by molar-refractivity contribution is 9.00. The quantitative estimate of drug-likeness (QED) is 0.372. The fraction of sp³-hybridized carbons (Fsp3) is 0.100. The molecule has 3 aromatic carbocycles. The largest absolute Gasteiger partial charge is 0.207 e. The minimum absolute atomic E-state index is 0.181. The summed E-state index contributed by atoms with van der Waals surface area (Å²) in [5.41, 5.74) is 2.70. The number of benzene rings is 3. The van der Waals surface area contributed by atoms with Crippen LogP contribution in [0.1, 0.15) is 21.6 Å². The van der Waals surface area contributed by atoms with Crippen LogP contribution in [0.4, 0.5) is 4.39 Å². The lowest BCUT2D eigenvalue weighted by Crippen LogP contribution is -2.03. The van der Waals surface area contributed by atoms with Crippen molar-refractivity contribution in [3.05, 3.63) is 102 Å². The fourth-order valence-electron chi connectivity index (χ4n) is 3.21. The van der Waals surface area contributed by atoms with Gasteiger partial charge in [0.05, 0.1) is 0 Å². The Morgan fingerprint density at radius 3 is 1.96 bits per heavy atom. The molecule has 128 valence electrons. The maximum absolute atomic E-state index is 13.4. The van der Waals surface area contributed by atoms with Gasteiger partial charge in [-0.15, -0.1) is 11.4 Å². The smallest absolute Gasteiger partial charge is 0.123 e. The van der Waals surface area contributed by atoms with Gasteiger partial charge in [-0.2, -0.15) is 10.5 Å². The molecule has 0 aliphatic carbocycles. The van der Waals surface area contributed by atoms with Gasteiger partial charge in [0.2, 0.25) is 0 Å². The molecular formula is C20H18FPS3. The maximum Gasteiger partial charge on any atom is 0.123 e.